The Morgan fingerprint density at radius 2 is 1.81 bits per heavy atom. The lowest BCUT2D eigenvalue weighted by atomic mass is 9.96. The number of anilines is 1. The molecule has 0 unspecified atom stereocenters. The van der Waals surface area contributed by atoms with Crippen LogP contribution in [-0.2, 0) is 59.9 Å². The van der Waals surface area contributed by atoms with Crippen molar-refractivity contribution in [1.82, 2.24) is 40.0 Å². The van der Waals surface area contributed by atoms with E-state index in [-0.39, 0.29) is 57.3 Å². The van der Waals surface area contributed by atoms with E-state index in [0.717, 1.165) is 30.9 Å². The number of carbonyl (C=O) groups is 1. The van der Waals surface area contributed by atoms with Gasteiger partial charge < -0.3 is 42.2 Å². The molecular weight excluding hydrogens is 854 g/mol. The van der Waals surface area contributed by atoms with Crippen LogP contribution in [0.25, 0.3) is 23.2 Å². The van der Waals surface area contributed by atoms with Crippen LogP contribution in [0.15, 0.2) is 36.5 Å². The Balaban J connectivity index is 1.19. The molecule has 4 aromatic rings. The number of ether oxygens (including phenoxy) is 7. The summed E-state index contributed by atoms with van der Waals surface area (Å²) in [5.74, 6) is -0.284. The first-order valence-electron chi connectivity index (χ1n) is 21.5. The van der Waals surface area contributed by atoms with Crippen LogP contribution < -0.4 is 5.32 Å². The third-order valence-electron chi connectivity index (χ3n) is 10.7. The van der Waals surface area contributed by atoms with Gasteiger partial charge in [-0.25, -0.2) is 19.4 Å². The van der Waals surface area contributed by atoms with Crippen molar-refractivity contribution in [3.63, 3.8) is 0 Å². The quantitative estimate of drug-likeness (QED) is 0.0494. The monoisotopic (exact) mass is 913 g/mol. The second kappa shape index (κ2) is 20.0. The van der Waals surface area contributed by atoms with Gasteiger partial charge in [0.2, 0.25) is 0 Å². The predicted molar refractivity (Wildman–Crippen MR) is 233 cm³/mol. The predicted octanol–water partition coefficient (Wildman–Crippen LogP) is 6.68. The molecule has 0 bridgehead atoms. The fraction of sp³-hybridized carbons (Fsp3) is 0.634. The SMILES string of the molecule is CCOP(=O)(OCC)[C@@](COC)(Cc1nnn(COCC[Si](C)(C)C)n1)OC[C@H]1O[C@@H](n2ncc3c(NC(=O)OC4CCC4)nc(/C=C/c4ccccc4)nc32)[C@@H]2OC(C)(C)O[C@@H]21. The summed E-state index contributed by atoms with van der Waals surface area (Å²) in [6, 6.07) is 10.7. The summed E-state index contributed by atoms with van der Waals surface area (Å²) in [5.41, 5.74) is 1.29. The Labute approximate surface area is 368 Å². The number of nitrogens with zero attached hydrogens (tertiary/aromatic N) is 8. The number of methoxy groups -OCH3 is 1. The summed E-state index contributed by atoms with van der Waals surface area (Å²) in [6.07, 6.45) is 3.80. The van der Waals surface area contributed by atoms with Crippen molar-refractivity contribution in [3.05, 3.63) is 53.7 Å². The molecule has 1 aromatic carbocycles. The molecule has 22 heteroatoms. The lowest BCUT2D eigenvalue weighted by molar-refractivity contribution is -0.207. The summed E-state index contributed by atoms with van der Waals surface area (Å²) >= 11 is 0. The first-order valence-corrected chi connectivity index (χ1v) is 26.7. The van der Waals surface area contributed by atoms with Crippen LogP contribution >= 0.6 is 7.60 Å². The van der Waals surface area contributed by atoms with Crippen LogP contribution in [0, 0.1) is 0 Å². The van der Waals surface area contributed by atoms with Gasteiger partial charge in [-0.2, -0.15) is 5.10 Å². The number of tetrazole rings is 1. The second-order valence-electron chi connectivity index (χ2n) is 17.3. The highest BCUT2D eigenvalue weighted by Gasteiger charge is 2.59. The van der Waals surface area contributed by atoms with Gasteiger partial charge >= 0.3 is 13.7 Å². The summed E-state index contributed by atoms with van der Waals surface area (Å²) in [5, 5.41) is 19.2. The van der Waals surface area contributed by atoms with Crippen molar-refractivity contribution in [2.45, 2.75) is 128 Å². The molecule has 1 N–H and O–H groups in total. The molecule has 7 rings (SSSR count). The molecule has 3 aromatic heterocycles. The summed E-state index contributed by atoms with van der Waals surface area (Å²) in [7, 11) is -3.98. The fourth-order valence-corrected chi connectivity index (χ4v) is 10.3. The normalized spacial score (nSPS) is 22.3. The maximum Gasteiger partial charge on any atom is 0.413 e. The molecular formula is C41H60N9O11PSi. The van der Waals surface area contributed by atoms with Crippen LogP contribution in [0.3, 0.4) is 0 Å². The molecule has 1 amide bonds. The van der Waals surface area contributed by atoms with Gasteiger partial charge in [-0.05, 0) is 69.9 Å². The minimum atomic E-state index is -4.15. The van der Waals surface area contributed by atoms with Crippen LogP contribution in [0.1, 0.15) is 70.4 Å². The Kier molecular flexibility index (Phi) is 14.9. The third kappa shape index (κ3) is 11.3. The van der Waals surface area contributed by atoms with E-state index in [2.05, 4.69) is 45.4 Å². The topological polar surface area (TPSA) is 216 Å². The largest absolute Gasteiger partial charge is 0.446 e. The van der Waals surface area contributed by atoms with Gasteiger partial charge in [0, 0.05) is 21.8 Å². The van der Waals surface area contributed by atoms with Crippen LogP contribution in [0.2, 0.25) is 25.7 Å². The standard InChI is InChI=1S/C41H60N9O11PSi/c1-9-56-62(52,57-10-2)41(26-53-5,23-33-46-48-49(47-33)27-54-21-22-63(6,7)8)55-25-31-34-35(61-40(3,4)60-34)38(59-31)50-37-30(24-42-50)36(45-39(51)58-29-17-14-18-29)43-32(44-37)20-19-28-15-12-11-13-16-28/h11-13,15-16,19-20,24,29,31,34-35,38H,9-10,14,17-18,21-23,25-27H2,1-8H3,(H,43,44,45,51)/b20-19+/t31-,34-,35-,38-,41-/m1/s1. The van der Waals surface area contributed by atoms with Crippen LogP contribution in [-0.4, -0.2) is 130 Å². The molecule has 1 aliphatic carbocycles. The number of amides is 1. The Bertz CT molecular complexity index is 2230. The van der Waals surface area contributed by atoms with Gasteiger partial charge in [0.25, 0.3) is 0 Å². The first kappa shape index (κ1) is 47.0. The van der Waals surface area contributed by atoms with E-state index in [1.807, 2.05) is 50.3 Å². The Morgan fingerprint density at radius 1 is 1.06 bits per heavy atom. The zero-order valence-electron chi connectivity index (χ0n) is 37.3. The van der Waals surface area contributed by atoms with E-state index in [0.29, 0.717) is 23.5 Å². The van der Waals surface area contributed by atoms with E-state index in [4.69, 9.17) is 52.3 Å². The molecule has 3 fully saturated rings. The number of hydrogen-bond donors (Lipinski definition) is 1. The average molecular weight is 914 g/mol. The van der Waals surface area contributed by atoms with E-state index in [9.17, 15) is 9.36 Å². The average Bonchev–Trinajstić information content (AvgIpc) is 3.99. The molecule has 20 nitrogen and oxygen atoms in total. The number of fused-ring (bicyclic) bond motifs is 2. The van der Waals surface area contributed by atoms with E-state index >= 15 is 0 Å². The van der Waals surface area contributed by atoms with Gasteiger partial charge in [-0.15, -0.1) is 15.0 Å². The van der Waals surface area contributed by atoms with Crippen molar-refractivity contribution in [1.29, 1.82) is 0 Å². The van der Waals surface area contributed by atoms with Crippen LogP contribution in [0.5, 0.6) is 0 Å². The number of carbonyl (C=O) groups excluding carboxylic acids is 1. The van der Waals surface area contributed by atoms with Crippen molar-refractivity contribution < 1.29 is 51.6 Å². The highest BCUT2D eigenvalue weighted by molar-refractivity contribution is 7.55. The van der Waals surface area contributed by atoms with Gasteiger partial charge in [0.15, 0.2) is 47.2 Å². The highest BCUT2D eigenvalue weighted by atomic mass is 31.2. The number of hydrogen-bond acceptors (Lipinski definition) is 17. The molecule has 0 spiro atoms. The van der Waals surface area contributed by atoms with Gasteiger partial charge in [0.1, 0.15) is 24.4 Å². The van der Waals surface area contributed by atoms with Crippen molar-refractivity contribution >= 4 is 50.8 Å². The zero-order chi connectivity index (χ0) is 44.8. The molecule has 63 heavy (non-hydrogen) atoms. The van der Waals surface area contributed by atoms with E-state index < -0.39 is 57.4 Å². The maximum atomic E-state index is 14.9. The Morgan fingerprint density at radius 3 is 2.49 bits per heavy atom. The lowest BCUT2D eigenvalue weighted by Gasteiger charge is -2.38. The number of rotatable bonds is 22. The molecule has 344 valence electrons. The molecule has 5 heterocycles. The second-order valence-corrected chi connectivity index (χ2v) is 25.3. The summed E-state index contributed by atoms with van der Waals surface area (Å²) in [4.78, 5) is 23.9. The molecule has 2 saturated heterocycles. The van der Waals surface area contributed by atoms with E-state index in [1.54, 1.807) is 30.8 Å². The van der Waals surface area contributed by atoms with Crippen molar-refractivity contribution in [3.8, 4) is 0 Å². The fourth-order valence-electron chi connectivity index (χ4n) is 7.44. The molecule has 2 aliphatic heterocycles. The molecule has 3 aliphatic rings. The highest BCUT2D eigenvalue weighted by Crippen LogP contribution is 2.62. The van der Waals surface area contributed by atoms with Gasteiger partial charge in [-0.1, -0.05) is 56.0 Å². The summed E-state index contributed by atoms with van der Waals surface area (Å²) < 4.78 is 71.9. The Hall–Kier alpha value is -4.02. The molecule has 1 saturated carbocycles. The summed E-state index contributed by atoms with van der Waals surface area (Å²) in [6.45, 7) is 14.3. The lowest BCUT2D eigenvalue weighted by Crippen LogP contribution is -2.45. The maximum absolute atomic E-state index is 14.9. The zero-order valence-corrected chi connectivity index (χ0v) is 39.2. The van der Waals surface area contributed by atoms with Gasteiger partial charge in [-0.3, -0.25) is 9.88 Å². The number of aromatic nitrogens is 8. The minimum Gasteiger partial charge on any atom is -0.446 e. The smallest absolute Gasteiger partial charge is 0.413 e. The van der Waals surface area contributed by atoms with E-state index in [1.165, 1.54) is 11.9 Å². The first-order chi connectivity index (χ1) is 30.1. The van der Waals surface area contributed by atoms with Gasteiger partial charge in [0.05, 0.1) is 44.4 Å². The molecule has 0 radical (unpaired) electrons. The molecule has 5 atom stereocenters. The van der Waals surface area contributed by atoms with Crippen LogP contribution in [0.4, 0.5) is 10.6 Å². The number of benzene rings is 1. The van der Waals surface area contributed by atoms with Crippen molar-refractivity contribution in [2.24, 2.45) is 0 Å². The number of nitrogens with one attached hydrogen (secondary N) is 1. The third-order valence-corrected chi connectivity index (χ3v) is 15.0. The minimum absolute atomic E-state index is 0.0564. The van der Waals surface area contributed by atoms with Crippen molar-refractivity contribution in [2.75, 3.05) is 45.5 Å².